The molecule has 0 unspecified atom stereocenters. The molecule has 0 bridgehead atoms. The Morgan fingerprint density at radius 1 is 1.50 bits per heavy atom. The molecule has 0 heterocycles. The van der Waals surface area contributed by atoms with Crippen molar-refractivity contribution in [3.05, 3.63) is 11.6 Å². The van der Waals surface area contributed by atoms with Crippen LogP contribution in [-0.4, -0.2) is 0 Å². The molecule has 0 saturated heterocycles. The lowest BCUT2D eigenvalue weighted by atomic mass is 9.81. The molecular weight excluding hydrogens is 120 g/mol. The van der Waals surface area contributed by atoms with Crippen molar-refractivity contribution in [2.75, 3.05) is 0 Å². The quantitative estimate of drug-likeness (QED) is 0.512. The van der Waals surface area contributed by atoms with Crippen molar-refractivity contribution in [2.24, 2.45) is 5.92 Å². The molecule has 0 spiro atoms. The van der Waals surface area contributed by atoms with E-state index in [4.69, 9.17) is 0 Å². The molecule has 10 heavy (non-hydrogen) atoms. The van der Waals surface area contributed by atoms with E-state index in [0.717, 1.165) is 5.92 Å². The van der Waals surface area contributed by atoms with Crippen molar-refractivity contribution in [3.63, 3.8) is 0 Å². The Labute approximate surface area is 65.3 Å². The van der Waals surface area contributed by atoms with Crippen LogP contribution in [0.5, 0.6) is 0 Å². The van der Waals surface area contributed by atoms with E-state index in [2.05, 4.69) is 19.9 Å². The summed E-state index contributed by atoms with van der Waals surface area (Å²) in [4.78, 5) is 0. The Balaban J connectivity index is 0.000000810. The SMILES string of the molecule is C.CCCC=C1CC(C)C1. The fourth-order valence-corrected chi connectivity index (χ4v) is 1.35. The number of hydrogen-bond donors (Lipinski definition) is 0. The maximum Gasteiger partial charge on any atom is -0.0291 e. The van der Waals surface area contributed by atoms with Crippen molar-refractivity contribution < 1.29 is 0 Å². The highest BCUT2D eigenvalue weighted by atomic mass is 14.2. The lowest BCUT2D eigenvalue weighted by molar-refractivity contribution is 0.457. The van der Waals surface area contributed by atoms with Gasteiger partial charge in [0.2, 0.25) is 0 Å². The van der Waals surface area contributed by atoms with Gasteiger partial charge in [-0.3, -0.25) is 0 Å². The summed E-state index contributed by atoms with van der Waals surface area (Å²) in [5, 5.41) is 0. The van der Waals surface area contributed by atoms with Gasteiger partial charge in [-0.05, 0) is 25.2 Å². The molecule has 1 aliphatic rings. The van der Waals surface area contributed by atoms with Crippen LogP contribution in [0.3, 0.4) is 0 Å². The van der Waals surface area contributed by atoms with Crippen LogP contribution in [0.15, 0.2) is 11.6 Å². The first-order valence-corrected chi connectivity index (χ1v) is 4.00. The van der Waals surface area contributed by atoms with Gasteiger partial charge in [-0.15, -0.1) is 0 Å². The predicted octanol–water partition coefficient (Wildman–Crippen LogP) is 3.78. The minimum atomic E-state index is 0. The molecule has 0 heteroatoms. The third-order valence-electron chi connectivity index (χ3n) is 1.94. The highest BCUT2D eigenvalue weighted by molar-refractivity contribution is 5.11. The number of hydrogen-bond acceptors (Lipinski definition) is 0. The number of unbranched alkanes of at least 4 members (excludes halogenated alkanes) is 1. The Morgan fingerprint density at radius 2 is 2.10 bits per heavy atom. The minimum absolute atomic E-state index is 0. The smallest absolute Gasteiger partial charge is 0.0291 e. The first-order chi connectivity index (χ1) is 4.33. The molecule has 0 radical (unpaired) electrons. The molecule has 0 amide bonds. The molecule has 0 atom stereocenters. The zero-order chi connectivity index (χ0) is 6.69. The van der Waals surface area contributed by atoms with Gasteiger partial charge in [0.1, 0.15) is 0 Å². The van der Waals surface area contributed by atoms with E-state index in [1.54, 1.807) is 5.57 Å². The van der Waals surface area contributed by atoms with E-state index in [1.807, 2.05) is 0 Å². The van der Waals surface area contributed by atoms with Gasteiger partial charge in [0.25, 0.3) is 0 Å². The summed E-state index contributed by atoms with van der Waals surface area (Å²) >= 11 is 0. The summed E-state index contributed by atoms with van der Waals surface area (Å²) in [5.41, 5.74) is 1.70. The van der Waals surface area contributed by atoms with Gasteiger partial charge in [-0.25, -0.2) is 0 Å². The van der Waals surface area contributed by atoms with Crippen LogP contribution < -0.4 is 0 Å². The first-order valence-electron chi connectivity index (χ1n) is 4.00. The van der Waals surface area contributed by atoms with Crippen molar-refractivity contribution in [3.8, 4) is 0 Å². The molecule has 0 aromatic carbocycles. The zero-order valence-corrected chi connectivity index (χ0v) is 6.48. The Bertz CT molecular complexity index is 103. The summed E-state index contributed by atoms with van der Waals surface area (Å²) in [6, 6.07) is 0. The van der Waals surface area contributed by atoms with Crippen LogP contribution in [0, 0.1) is 5.92 Å². The summed E-state index contributed by atoms with van der Waals surface area (Å²) in [7, 11) is 0. The average Bonchev–Trinajstić information content (AvgIpc) is 1.78. The van der Waals surface area contributed by atoms with E-state index < -0.39 is 0 Å². The van der Waals surface area contributed by atoms with Crippen LogP contribution in [0.1, 0.15) is 47.0 Å². The summed E-state index contributed by atoms with van der Waals surface area (Å²) in [6.45, 7) is 4.56. The van der Waals surface area contributed by atoms with Crippen LogP contribution >= 0.6 is 0 Å². The summed E-state index contributed by atoms with van der Waals surface area (Å²) in [6.07, 6.45) is 7.76. The maximum absolute atomic E-state index is 2.42. The maximum atomic E-state index is 2.42. The highest BCUT2D eigenvalue weighted by Crippen LogP contribution is 2.32. The Hall–Kier alpha value is -0.260. The monoisotopic (exact) mass is 140 g/mol. The van der Waals surface area contributed by atoms with Gasteiger partial charge in [0.15, 0.2) is 0 Å². The van der Waals surface area contributed by atoms with E-state index in [0.29, 0.717) is 0 Å². The van der Waals surface area contributed by atoms with E-state index in [9.17, 15) is 0 Å². The third kappa shape index (κ3) is 2.55. The van der Waals surface area contributed by atoms with Crippen molar-refractivity contribution in [1.82, 2.24) is 0 Å². The predicted molar refractivity (Wildman–Crippen MR) is 48.1 cm³/mol. The van der Waals surface area contributed by atoms with Crippen LogP contribution in [0.25, 0.3) is 0 Å². The lowest BCUT2D eigenvalue weighted by Gasteiger charge is -2.25. The van der Waals surface area contributed by atoms with Crippen molar-refractivity contribution in [1.29, 1.82) is 0 Å². The number of allylic oxidation sites excluding steroid dienone is 2. The van der Waals surface area contributed by atoms with Gasteiger partial charge in [0, 0.05) is 0 Å². The molecule has 0 aromatic heterocycles. The zero-order valence-electron chi connectivity index (χ0n) is 6.48. The molecule has 0 nitrogen and oxygen atoms in total. The van der Waals surface area contributed by atoms with Gasteiger partial charge in [-0.2, -0.15) is 0 Å². The van der Waals surface area contributed by atoms with E-state index >= 15 is 0 Å². The largest absolute Gasteiger partial charge is 0.0853 e. The lowest BCUT2D eigenvalue weighted by Crippen LogP contribution is -2.09. The van der Waals surface area contributed by atoms with Crippen molar-refractivity contribution in [2.45, 2.75) is 47.0 Å². The molecule has 1 fully saturated rings. The fourth-order valence-electron chi connectivity index (χ4n) is 1.35. The molecule has 0 aliphatic heterocycles. The van der Waals surface area contributed by atoms with Gasteiger partial charge < -0.3 is 0 Å². The van der Waals surface area contributed by atoms with Gasteiger partial charge in [0.05, 0.1) is 0 Å². The summed E-state index contributed by atoms with van der Waals surface area (Å²) in [5.74, 6) is 0.980. The normalized spacial score (nSPS) is 23.0. The molecule has 0 aromatic rings. The van der Waals surface area contributed by atoms with Crippen LogP contribution in [-0.2, 0) is 0 Å². The van der Waals surface area contributed by atoms with Crippen molar-refractivity contribution >= 4 is 0 Å². The van der Waals surface area contributed by atoms with Crippen LogP contribution in [0.4, 0.5) is 0 Å². The standard InChI is InChI=1S/C9H16.CH4/c1-3-4-5-9-6-8(2)7-9;/h5,8H,3-4,6-7H2,1-2H3;1H4. The second-order valence-corrected chi connectivity index (χ2v) is 3.16. The second kappa shape index (κ2) is 4.54. The molecule has 60 valence electrons. The molecule has 1 aliphatic carbocycles. The third-order valence-corrected chi connectivity index (χ3v) is 1.94. The minimum Gasteiger partial charge on any atom is -0.0853 e. The van der Waals surface area contributed by atoms with Gasteiger partial charge >= 0.3 is 0 Å². The molecule has 0 N–H and O–H groups in total. The topological polar surface area (TPSA) is 0 Å². The molecule has 1 rings (SSSR count). The summed E-state index contributed by atoms with van der Waals surface area (Å²) < 4.78 is 0. The first kappa shape index (κ1) is 9.74. The number of rotatable bonds is 2. The molecule has 1 saturated carbocycles. The fraction of sp³-hybridized carbons (Fsp3) is 0.800. The molecular formula is C10H20. The Morgan fingerprint density at radius 3 is 2.50 bits per heavy atom. The van der Waals surface area contributed by atoms with Crippen LogP contribution in [0.2, 0.25) is 0 Å². The van der Waals surface area contributed by atoms with Gasteiger partial charge in [-0.1, -0.05) is 39.3 Å². The van der Waals surface area contributed by atoms with E-state index in [1.165, 1.54) is 25.7 Å². The van der Waals surface area contributed by atoms with E-state index in [-0.39, 0.29) is 7.43 Å². The average molecular weight is 140 g/mol. The second-order valence-electron chi connectivity index (χ2n) is 3.16. The Kier molecular flexibility index (Phi) is 4.42. The highest BCUT2D eigenvalue weighted by Gasteiger charge is 2.16.